The lowest BCUT2D eigenvalue weighted by atomic mass is 9.87. The van der Waals surface area contributed by atoms with Gasteiger partial charge in [0.1, 0.15) is 5.60 Å². The number of hydrogen-bond donors (Lipinski definition) is 2. The molecule has 37 heavy (non-hydrogen) atoms. The lowest BCUT2D eigenvalue weighted by Crippen LogP contribution is -2.34. The van der Waals surface area contributed by atoms with Gasteiger partial charge in [-0.25, -0.2) is 9.78 Å². The number of imidazole rings is 1. The third kappa shape index (κ3) is 6.97. The van der Waals surface area contributed by atoms with Crippen molar-refractivity contribution in [2.75, 3.05) is 17.3 Å². The summed E-state index contributed by atoms with van der Waals surface area (Å²) in [4.78, 5) is 43.0. The highest BCUT2D eigenvalue weighted by atomic mass is 16.6. The van der Waals surface area contributed by atoms with E-state index in [1.54, 1.807) is 56.7 Å². The molecule has 0 aliphatic carbocycles. The largest absolute Gasteiger partial charge is 0.443 e. The number of nitrogens with zero attached hydrogens (tertiary/aromatic N) is 3. The predicted octanol–water partition coefficient (Wildman–Crippen LogP) is 4.95. The van der Waals surface area contributed by atoms with Crippen molar-refractivity contribution in [1.29, 1.82) is 0 Å². The lowest BCUT2D eigenvalue weighted by molar-refractivity contribution is 0.0589. The molecule has 196 valence electrons. The second-order valence-electron chi connectivity index (χ2n) is 10.9. The topological polar surface area (TPSA) is 120 Å². The highest BCUT2D eigenvalue weighted by Crippen LogP contribution is 2.23. The fourth-order valence-electron chi connectivity index (χ4n) is 3.61. The van der Waals surface area contributed by atoms with Gasteiger partial charge in [-0.15, -0.1) is 0 Å². The van der Waals surface area contributed by atoms with Crippen LogP contribution < -0.4 is 16.0 Å². The van der Waals surface area contributed by atoms with E-state index in [0.29, 0.717) is 17.8 Å². The van der Waals surface area contributed by atoms with E-state index in [4.69, 9.17) is 10.5 Å². The molecule has 1 aromatic heterocycles. The minimum absolute atomic E-state index is 0.0344. The van der Waals surface area contributed by atoms with Crippen LogP contribution in [0.2, 0.25) is 0 Å². The van der Waals surface area contributed by atoms with Crippen LogP contribution in [0.15, 0.2) is 54.9 Å². The fourth-order valence-corrected chi connectivity index (χ4v) is 3.61. The number of benzene rings is 2. The van der Waals surface area contributed by atoms with Crippen LogP contribution in [-0.4, -0.2) is 40.1 Å². The third-order valence-corrected chi connectivity index (χ3v) is 5.66. The zero-order valence-electron chi connectivity index (χ0n) is 22.5. The summed E-state index contributed by atoms with van der Waals surface area (Å²) in [6.07, 6.45) is 0.973. The predicted molar refractivity (Wildman–Crippen MR) is 144 cm³/mol. The SMILES string of the molecule is CN(C(=O)OC(C)(C)C)c1ccc(C(=O)Nc2ncn(Cc3ccc(C(C)(C)C)cc3)c2C(N)=O)cc1. The smallest absolute Gasteiger partial charge is 0.414 e. The fraction of sp³-hybridized carbons (Fsp3) is 0.357. The van der Waals surface area contributed by atoms with Crippen molar-refractivity contribution >= 4 is 29.4 Å². The second kappa shape index (κ2) is 10.5. The van der Waals surface area contributed by atoms with Crippen molar-refractivity contribution in [1.82, 2.24) is 9.55 Å². The molecule has 0 radical (unpaired) electrons. The zero-order chi connectivity index (χ0) is 27.5. The van der Waals surface area contributed by atoms with Gasteiger partial charge in [0.2, 0.25) is 0 Å². The normalized spacial score (nSPS) is 11.6. The van der Waals surface area contributed by atoms with Crippen molar-refractivity contribution in [3.05, 3.63) is 77.2 Å². The Kier molecular flexibility index (Phi) is 7.76. The molecule has 3 amide bonds. The van der Waals surface area contributed by atoms with E-state index in [1.807, 2.05) is 12.1 Å². The zero-order valence-corrected chi connectivity index (χ0v) is 22.5. The molecule has 0 atom stereocenters. The number of aromatic nitrogens is 2. The Morgan fingerprint density at radius 2 is 1.57 bits per heavy atom. The standard InChI is InChI=1S/C28H35N5O4/c1-27(2,3)20-12-8-18(9-13-20)16-33-17-30-24(22(33)23(29)34)31-25(35)19-10-14-21(15-11-19)32(7)26(36)37-28(4,5)6/h8-15,17H,16H2,1-7H3,(H2,29,34)(H,31,35). The lowest BCUT2D eigenvalue weighted by Gasteiger charge is -2.24. The molecule has 0 aliphatic heterocycles. The van der Waals surface area contributed by atoms with Gasteiger partial charge < -0.3 is 20.4 Å². The molecule has 0 saturated carbocycles. The van der Waals surface area contributed by atoms with Crippen LogP contribution in [0.5, 0.6) is 0 Å². The van der Waals surface area contributed by atoms with Crippen LogP contribution in [0.25, 0.3) is 0 Å². The van der Waals surface area contributed by atoms with E-state index in [9.17, 15) is 14.4 Å². The molecule has 0 fully saturated rings. The van der Waals surface area contributed by atoms with E-state index in [0.717, 1.165) is 5.56 Å². The highest BCUT2D eigenvalue weighted by molar-refractivity contribution is 6.07. The molecule has 0 bridgehead atoms. The Balaban J connectivity index is 1.74. The van der Waals surface area contributed by atoms with Crippen LogP contribution in [0, 0.1) is 0 Å². The Bertz CT molecular complexity index is 1280. The first-order valence-electron chi connectivity index (χ1n) is 12.0. The maximum atomic E-state index is 12.9. The number of hydrogen-bond acceptors (Lipinski definition) is 5. The number of nitrogens with two attached hydrogens (primary N) is 1. The van der Waals surface area contributed by atoms with Crippen LogP contribution in [0.3, 0.4) is 0 Å². The summed E-state index contributed by atoms with van der Waals surface area (Å²) in [6, 6.07) is 14.5. The van der Waals surface area contributed by atoms with Gasteiger partial charge in [0, 0.05) is 24.8 Å². The summed E-state index contributed by atoms with van der Waals surface area (Å²) in [6.45, 7) is 12.2. The number of carbonyl (C=O) groups excluding carboxylic acids is 3. The van der Waals surface area contributed by atoms with Gasteiger partial charge in [-0.3, -0.25) is 14.5 Å². The van der Waals surface area contributed by atoms with Crippen LogP contribution in [-0.2, 0) is 16.7 Å². The minimum atomic E-state index is -0.701. The summed E-state index contributed by atoms with van der Waals surface area (Å²) in [7, 11) is 1.59. The number of ether oxygens (including phenoxy) is 1. The Morgan fingerprint density at radius 1 is 0.973 bits per heavy atom. The number of anilines is 2. The van der Waals surface area contributed by atoms with Gasteiger partial charge in [-0.1, -0.05) is 45.0 Å². The molecule has 0 unspecified atom stereocenters. The summed E-state index contributed by atoms with van der Waals surface area (Å²) >= 11 is 0. The van der Waals surface area contributed by atoms with Gasteiger partial charge in [-0.05, 0) is 61.6 Å². The highest BCUT2D eigenvalue weighted by Gasteiger charge is 2.22. The Hall–Kier alpha value is -4.14. The van der Waals surface area contributed by atoms with Crippen molar-refractivity contribution < 1.29 is 19.1 Å². The number of carbonyl (C=O) groups is 3. The molecule has 0 saturated heterocycles. The molecule has 3 aromatic rings. The van der Waals surface area contributed by atoms with Crippen LogP contribution in [0.4, 0.5) is 16.3 Å². The molecule has 3 rings (SSSR count). The van der Waals surface area contributed by atoms with Crippen molar-refractivity contribution in [2.45, 2.75) is 59.1 Å². The van der Waals surface area contributed by atoms with E-state index in [2.05, 4.69) is 43.2 Å². The quantitative estimate of drug-likeness (QED) is 0.491. The van der Waals surface area contributed by atoms with Gasteiger partial charge >= 0.3 is 6.09 Å². The van der Waals surface area contributed by atoms with Gasteiger partial charge in [0.05, 0.1) is 6.33 Å². The molecule has 9 nitrogen and oxygen atoms in total. The average Bonchev–Trinajstić information content (AvgIpc) is 3.19. The monoisotopic (exact) mass is 505 g/mol. The van der Waals surface area contributed by atoms with E-state index in [1.165, 1.54) is 16.8 Å². The van der Waals surface area contributed by atoms with Crippen LogP contribution >= 0.6 is 0 Å². The van der Waals surface area contributed by atoms with Gasteiger partial charge in [0.25, 0.3) is 11.8 Å². The minimum Gasteiger partial charge on any atom is -0.443 e. The summed E-state index contributed by atoms with van der Waals surface area (Å²) in [5.41, 5.74) is 8.21. The van der Waals surface area contributed by atoms with Crippen LogP contribution in [0.1, 0.15) is 73.5 Å². The van der Waals surface area contributed by atoms with E-state index >= 15 is 0 Å². The third-order valence-electron chi connectivity index (χ3n) is 5.66. The summed E-state index contributed by atoms with van der Waals surface area (Å²) in [5, 5.41) is 2.67. The first-order chi connectivity index (χ1) is 17.2. The first-order valence-corrected chi connectivity index (χ1v) is 12.0. The van der Waals surface area contributed by atoms with Gasteiger partial charge in [-0.2, -0.15) is 0 Å². The van der Waals surface area contributed by atoms with Gasteiger partial charge in [0.15, 0.2) is 11.5 Å². The average molecular weight is 506 g/mol. The number of primary amides is 1. The molecule has 3 N–H and O–H groups in total. The number of amides is 3. The molecule has 2 aromatic carbocycles. The maximum Gasteiger partial charge on any atom is 0.414 e. The molecule has 1 heterocycles. The molecule has 9 heteroatoms. The molecular weight excluding hydrogens is 470 g/mol. The molecule has 0 aliphatic rings. The number of rotatable bonds is 6. The molecule has 0 spiro atoms. The Morgan fingerprint density at radius 3 is 2.08 bits per heavy atom. The van der Waals surface area contributed by atoms with E-state index < -0.39 is 23.5 Å². The molecular formula is C28H35N5O4. The Labute approximate surface area is 217 Å². The summed E-state index contributed by atoms with van der Waals surface area (Å²) in [5.74, 6) is -1.08. The first kappa shape index (κ1) is 27.4. The van der Waals surface area contributed by atoms with Crippen molar-refractivity contribution in [3.8, 4) is 0 Å². The van der Waals surface area contributed by atoms with E-state index in [-0.39, 0.29) is 16.9 Å². The van der Waals surface area contributed by atoms with Crippen molar-refractivity contribution in [3.63, 3.8) is 0 Å². The summed E-state index contributed by atoms with van der Waals surface area (Å²) < 4.78 is 6.98. The van der Waals surface area contributed by atoms with Crippen molar-refractivity contribution in [2.24, 2.45) is 5.73 Å². The maximum absolute atomic E-state index is 12.9. The second-order valence-corrected chi connectivity index (χ2v) is 10.9. The number of nitrogens with one attached hydrogen (secondary N) is 1.